The summed E-state index contributed by atoms with van der Waals surface area (Å²) in [7, 11) is 0. The van der Waals surface area contributed by atoms with Crippen LogP contribution in [-0.4, -0.2) is 57.9 Å². The maximum atomic E-state index is 9.80. The van der Waals surface area contributed by atoms with Crippen molar-refractivity contribution in [3.8, 4) is 0 Å². The summed E-state index contributed by atoms with van der Waals surface area (Å²) in [6, 6.07) is -0.895. The fourth-order valence-electron chi connectivity index (χ4n) is 1.89. The van der Waals surface area contributed by atoms with E-state index < -0.39 is 23.7 Å². The van der Waals surface area contributed by atoms with Crippen molar-refractivity contribution < 1.29 is 20.4 Å². The van der Waals surface area contributed by atoms with Crippen molar-refractivity contribution in [1.29, 1.82) is 0 Å². The van der Waals surface area contributed by atoms with E-state index >= 15 is 0 Å². The van der Waals surface area contributed by atoms with Gasteiger partial charge in [0.2, 0.25) is 0 Å². The third kappa shape index (κ3) is 1.78. The van der Waals surface area contributed by atoms with E-state index in [2.05, 4.69) is 5.32 Å². The summed E-state index contributed by atoms with van der Waals surface area (Å²) in [5, 5.41) is 40.4. The number of aliphatic hydroxyl groups excluding tert-OH is 4. The summed E-state index contributed by atoms with van der Waals surface area (Å²) in [6.07, 6.45) is -1.95. The molecule has 0 bridgehead atoms. The van der Waals surface area contributed by atoms with Crippen molar-refractivity contribution in [2.75, 3.05) is 13.2 Å². The minimum absolute atomic E-state index is 0.132. The lowest BCUT2D eigenvalue weighted by Crippen LogP contribution is -2.67. The molecule has 1 rings (SSSR count). The lowest BCUT2D eigenvalue weighted by molar-refractivity contribution is -0.125. The molecular formula is C9H19NO4. The standard InChI is InChI=1S/C9H19NO4/c1-9(2)6(4-12)10-5(3-11)7(13)8(9)14/h5-8,10-14H,3-4H2,1-2H3/t5?,6-,7-,8-/m0/s1. The van der Waals surface area contributed by atoms with E-state index in [-0.39, 0.29) is 19.3 Å². The fraction of sp³-hybridized carbons (Fsp3) is 1.00. The Morgan fingerprint density at radius 1 is 1.14 bits per heavy atom. The second kappa shape index (κ2) is 4.12. The Balaban J connectivity index is 2.83. The van der Waals surface area contributed by atoms with Gasteiger partial charge in [0.25, 0.3) is 0 Å². The molecule has 5 heteroatoms. The summed E-state index contributed by atoms with van der Waals surface area (Å²) in [6.45, 7) is 3.14. The summed E-state index contributed by atoms with van der Waals surface area (Å²) in [5.41, 5.74) is -0.611. The SMILES string of the molecule is CC1(C)[C@H](CO)NC(CO)[C@H](O)[C@@H]1O. The summed E-state index contributed by atoms with van der Waals surface area (Å²) < 4.78 is 0. The predicted octanol–water partition coefficient (Wildman–Crippen LogP) is -1.94. The molecule has 0 aromatic rings. The Hall–Kier alpha value is -0.200. The Morgan fingerprint density at radius 2 is 1.71 bits per heavy atom. The van der Waals surface area contributed by atoms with E-state index in [0.717, 1.165) is 0 Å². The molecule has 14 heavy (non-hydrogen) atoms. The first-order chi connectivity index (χ1) is 6.45. The minimum Gasteiger partial charge on any atom is -0.395 e. The highest BCUT2D eigenvalue weighted by atomic mass is 16.3. The van der Waals surface area contributed by atoms with Crippen LogP contribution in [0.15, 0.2) is 0 Å². The van der Waals surface area contributed by atoms with E-state index in [1.165, 1.54) is 0 Å². The Morgan fingerprint density at radius 3 is 2.14 bits per heavy atom. The maximum Gasteiger partial charge on any atom is 0.0979 e. The highest BCUT2D eigenvalue weighted by Crippen LogP contribution is 2.32. The zero-order chi connectivity index (χ0) is 10.9. The van der Waals surface area contributed by atoms with Crippen LogP contribution in [0.1, 0.15) is 13.8 Å². The lowest BCUT2D eigenvalue weighted by Gasteiger charge is -2.48. The third-order valence-electron chi connectivity index (χ3n) is 3.19. The molecule has 0 saturated carbocycles. The molecule has 4 atom stereocenters. The molecule has 1 heterocycles. The Bertz CT molecular complexity index is 193. The summed E-state index contributed by atoms with van der Waals surface area (Å²) >= 11 is 0. The largest absolute Gasteiger partial charge is 0.395 e. The van der Waals surface area contributed by atoms with Crippen LogP contribution in [0.5, 0.6) is 0 Å². The topological polar surface area (TPSA) is 93.0 Å². The van der Waals surface area contributed by atoms with Crippen LogP contribution < -0.4 is 5.32 Å². The van der Waals surface area contributed by atoms with Gasteiger partial charge in [0.15, 0.2) is 0 Å². The monoisotopic (exact) mass is 205 g/mol. The Labute approximate surface area is 83.4 Å². The van der Waals surface area contributed by atoms with E-state index in [4.69, 9.17) is 10.2 Å². The van der Waals surface area contributed by atoms with Gasteiger partial charge in [-0.25, -0.2) is 0 Å². The summed E-state index contributed by atoms with van der Waals surface area (Å²) in [4.78, 5) is 0. The second-order valence-corrected chi connectivity index (χ2v) is 4.45. The Kier molecular flexibility index (Phi) is 3.49. The quantitative estimate of drug-likeness (QED) is 0.362. The normalized spacial score (nSPS) is 42.4. The molecule has 1 unspecified atom stereocenters. The van der Waals surface area contributed by atoms with Crippen LogP contribution in [0.3, 0.4) is 0 Å². The summed E-state index contributed by atoms with van der Waals surface area (Å²) in [5.74, 6) is 0. The maximum absolute atomic E-state index is 9.80. The average molecular weight is 205 g/mol. The molecule has 0 spiro atoms. The van der Waals surface area contributed by atoms with Crippen LogP contribution in [0.2, 0.25) is 0 Å². The van der Waals surface area contributed by atoms with E-state index in [1.54, 1.807) is 13.8 Å². The number of aliphatic hydroxyl groups is 4. The van der Waals surface area contributed by atoms with Gasteiger partial charge in [-0.1, -0.05) is 13.8 Å². The molecule has 84 valence electrons. The van der Waals surface area contributed by atoms with Gasteiger partial charge in [-0.3, -0.25) is 0 Å². The first kappa shape index (κ1) is 11.9. The van der Waals surface area contributed by atoms with Crippen LogP contribution in [-0.2, 0) is 0 Å². The molecule has 0 aromatic carbocycles. The zero-order valence-corrected chi connectivity index (χ0v) is 8.51. The molecule has 1 saturated heterocycles. The van der Waals surface area contributed by atoms with Gasteiger partial charge < -0.3 is 25.7 Å². The minimum atomic E-state index is -1.00. The van der Waals surface area contributed by atoms with E-state index in [1.807, 2.05) is 0 Å². The first-order valence-corrected chi connectivity index (χ1v) is 4.79. The van der Waals surface area contributed by atoms with Crippen LogP contribution >= 0.6 is 0 Å². The smallest absolute Gasteiger partial charge is 0.0979 e. The van der Waals surface area contributed by atoms with E-state index in [0.29, 0.717) is 0 Å². The van der Waals surface area contributed by atoms with Gasteiger partial charge >= 0.3 is 0 Å². The molecule has 1 aliphatic heterocycles. The fourth-order valence-corrected chi connectivity index (χ4v) is 1.89. The molecule has 0 aromatic heterocycles. The van der Waals surface area contributed by atoms with Gasteiger partial charge in [0, 0.05) is 11.5 Å². The number of nitrogens with one attached hydrogen (secondary N) is 1. The van der Waals surface area contributed by atoms with Crippen molar-refractivity contribution in [1.82, 2.24) is 5.32 Å². The van der Waals surface area contributed by atoms with Crippen molar-refractivity contribution >= 4 is 0 Å². The first-order valence-electron chi connectivity index (χ1n) is 4.79. The number of hydrogen-bond acceptors (Lipinski definition) is 5. The van der Waals surface area contributed by atoms with Crippen molar-refractivity contribution in [2.24, 2.45) is 5.41 Å². The highest BCUT2D eigenvalue weighted by molar-refractivity contribution is 5.02. The van der Waals surface area contributed by atoms with Gasteiger partial charge in [-0.2, -0.15) is 0 Å². The number of hydrogen-bond donors (Lipinski definition) is 5. The average Bonchev–Trinajstić information content (AvgIpc) is 2.15. The molecule has 0 amide bonds. The molecule has 5 nitrogen and oxygen atoms in total. The molecule has 0 radical (unpaired) electrons. The molecular weight excluding hydrogens is 186 g/mol. The van der Waals surface area contributed by atoms with Crippen LogP contribution in [0.4, 0.5) is 0 Å². The van der Waals surface area contributed by atoms with Crippen LogP contribution in [0.25, 0.3) is 0 Å². The molecule has 0 aliphatic carbocycles. The van der Waals surface area contributed by atoms with Gasteiger partial charge in [-0.15, -0.1) is 0 Å². The van der Waals surface area contributed by atoms with Crippen molar-refractivity contribution in [2.45, 2.75) is 38.1 Å². The van der Waals surface area contributed by atoms with Gasteiger partial charge in [0.05, 0.1) is 31.5 Å². The molecule has 1 fully saturated rings. The van der Waals surface area contributed by atoms with E-state index in [9.17, 15) is 10.2 Å². The zero-order valence-electron chi connectivity index (χ0n) is 8.51. The molecule has 5 N–H and O–H groups in total. The lowest BCUT2D eigenvalue weighted by atomic mass is 9.72. The molecule has 1 aliphatic rings. The predicted molar refractivity (Wildman–Crippen MR) is 50.7 cm³/mol. The highest BCUT2D eigenvalue weighted by Gasteiger charge is 2.47. The van der Waals surface area contributed by atoms with Crippen molar-refractivity contribution in [3.05, 3.63) is 0 Å². The van der Waals surface area contributed by atoms with Gasteiger partial charge in [-0.05, 0) is 0 Å². The number of rotatable bonds is 2. The van der Waals surface area contributed by atoms with Crippen LogP contribution in [0, 0.1) is 5.41 Å². The van der Waals surface area contributed by atoms with Crippen molar-refractivity contribution in [3.63, 3.8) is 0 Å². The van der Waals surface area contributed by atoms with Gasteiger partial charge in [0.1, 0.15) is 0 Å². The second-order valence-electron chi connectivity index (χ2n) is 4.45. The number of piperidine rings is 1. The third-order valence-corrected chi connectivity index (χ3v) is 3.19.